The molecule has 1 saturated heterocycles. The predicted molar refractivity (Wildman–Crippen MR) is 79.7 cm³/mol. The molecule has 2 N–H and O–H groups in total. The maximum atomic E-state index is 6.11. The molecule has 1 aromatic carbocycles. The van der Waals surface area contributed by atoms with Gasteiger partial charge in [0, 0.05) is 29.2 Å². The number of ether oxygens (including phenoxy) is 1. The van der Waals surface area contributed by atoms with Crippen LogP contribution in [0.15, 0.2) is 18.2 Å². The third-order valence-electron chi connectivity index (χ3n) is 3.89. The summed E-state index contributed by atoms with van der Waals surface area (Å²) in [6.07, 6.45) is 3.70. The van der Waals surface area contributed by atoms with Crippen molar-refractivity contribution >= 4 is 11.6 Å². The number of nitrogens with zero attached hydrogens (tertiary/aromatic N) is 1. The van der Waals surface area contributed by atoms with E-state index in [0.717, 1.165) is 29.4 Å². The van der Waals surface area contributed by atoms with Gasteiger partial charge >= 0.3 is 0 Å². The SMILES string of the molecule is COc1ccc(Cl)cc1CN1CCCCC1C(C)N. The van der Waals surface area contributed by atoms with Gasteiger partial charge in [0.15, 0.2) is 0 Å². The summed E-state index contributed by atoms with van der Waals surface area (Å²) in [5.41, 5.74) is 7.25. The molecule has 19 heavy (non-hydrogen) atoms. The Labute approximate surface area is 120 Å². The van der Waals surface area contributed by atoms with Gasteiger partial charge in [0.2, 0.25) is 0 Å². The van der Waals surface area contributed by atoms with Crippen LogP contribution < -0.4 is 10.5 Å². The van der Waals surface area contributed by atoms with Crippen LogP contribution in [0.5, 0.6) is 5.75 Å². The molecular formula is C15H23ClN2O. The van der Waals surface area contributed by atoms with Crippen molar-refractivity contribution in [2.45, 2.75) is 44.8 Å². The highest BCUT2D eigenvalue weighted by Gasteiger charge is 2.26. The summed E-state index contributed by atoms with van der Waals surface area (Å²) >= 11 is 6.09. The summed E-state index contributed by atoms with van der Waals surface area (Å²) in [5.74, 6) is 0.901. The molecule has 0 radical (unpaired) electrons. The van der Waals surface area contributed by atoms with Crippen molar-refractivity contribution in [3.63, 3.8) is 0 Å². The quantitative estimate of drug-likeness (QED) is 0.922. The van der Waals surface area contributed by atoms with Gasteiger partial charge in [-0.25, -0.2) is 0 Å². The second kappa shape index (κ2) is 6.60. The van der Waals surface area contributed by atoms with Gasteiger partial charge in [0.05, 0.1) is 7.11 Å². The number of benzene rings is 1. The Balaban J connectivity index is 2.16. The van der Waals surface area contributed by atoms with Crippen molar-refractivity contribution in [1.29, 1.82) is 0 Å². The van der Waals surface area contributed by atoms with Crippen LogP contribution in [0.3, 0.4) is 0 Å². The van der Waals surface area contributed by atoms with Gasteiger partial charge < -0.3 is 10.5 Å². The number of halogens is 1. The van der Waals surface area contributed by atoms with Crippen LogP contribution in [0, 0.1) is 0 Å². The summed E-state index contributed by atoms with van der Waals surface area (Å²) in [5, 5.41) is 0.755. The topological polar surface area (TPSA) is 38.5 Å². The van der Waals surface area contributed by atoms with Crippen molar-refractivity contribution in [3.05, 3.63) is 28.8 Å². The second-order valence-electron chi connectivity index (χ2n) is 5.35. The van der Waals surface area contributed by atoms with Crippen LogP contribution in [0.4, 0.5) is 0 Å². The van der Waals surface area contributed by atoms with E-state index in [4.69, 9.17) is 22.1 Å². The van der Waals surface area contributed by atoms with Crippen LogP contribution in [-0.2, 0) is 6.54 Å². The van der Waals surface area contributed by atoms with Crippen molar-refractivity contribution < 1.29 is 4.74 Å². The molecule has 1 aliphatic rings. The molecule has 0 bridgehead atoms. The van der Waals surface area contributed by atoms with E-state index < -0.39 is 0 Å². The van der Waals surface area contributed by atoms with E-state index in [2.05, 4.69) is 11.8 Å². The standard InChI is InChI=1S/C15H23ClN2O/c1-11(17)14-5-3-4-8-18(14)10-12-9-13(16)6-7-15(12)19-2/h6-7,9,11,14H,3-5,8,10,17H2,1-2H3. The fourth-order valence-corrected chi connectivity index (χ4v) is 3.09. The predicted octanol–water partition coefficient (Wildman–Crippen LogP) is 3.05. The average molecular weight is 283 g/mol. The van der Waals surface area contributed by atoms with Gasteiger partial charge in [-0.15, -0.1) is 0 Å². The Hall–Kier alpha value is -0.770. The van der Waals surface area contributed by atoms with Crippen molar-refractivity contribution in [1.82, 2.24) is 4.90 Å². The van der Waals surface area contributed by atoms with Gasteiger partial charge in [-0.2, -0.15) is 0 Å². The highest BCUT2D eigenvalue weighted by Crippen LogP contribution is 2.27. The van der Waals surface area contributed by atoms with Gasteiger partial charge in [-0.1, -0.05) is 18.0 Å². The Kier molecular flexibility index (Phi) is 5.08. The van der Waals surface area contributed by atoms with Gasteiger partial charge in [-0.05, 0) is 44.5 Å². The van der Waals surface area contributed by atoms with Gasteiger partial charge in [0.25, 0.3) is 0 Å². The van der Waals surface area contributed by atoms with E-state index in [9.17, 15) is 0 Å². The molecule has 2 unspecified atom stereocenters. The molecule has 2 atom stereocenters. The minimum absolute atomic E-state index is 0.200. The Bertz CT molecular complexity index is 423. The largest absolute Gasteiger partial charge is 0.496 e. The first kappa shape index (κ1) is 14.6. The number of methoxy groups -OCH3 is 1. The molecule has 1 aromatic rings. The van der Waals surface area contributed by atoms with E-state index in [-0.39, 0.29) is 6.04 Å². The Morgan fingerprint density at radius 1 is 1.47 bits per heavy atom. The van der Waals surface area contributed by atoms with Gasteiger partial charge in [-0.3, -0.25) is 4.90 Å². The van der Waals surface area contributed by atoms with E-state index in [1.807, 2.05) is 18.2 Å². The van der Waals surface area contributed by atoms with Crippen LogP contribution >= 0.6 is 11.6 Å². The van der Waals surface area contributed by atoms with Crippen molar-refractivity contribution in [2.24, 2.45) is 5.73 Å². The van der Waals surface area contributed by atoms with E-state index >= 15 is 0 Å². The fraction of sp³-hybridized carbons (Fsp3) is 0.600. The maximum absolute atomic E-state index is 6.11. The Morgan fingerprint density at radius 2 is 2.26 bits per heavy atom. The lowest BCUT2D eigenvalue weighted by Gasteiger charge is -2.38. The van der Waals surface area contributed by atoms with E-state index in [0.29, 0.717) is 6.04 Å². The molecule has 1 fully saturated rings. The van der Waals surface area contributed by atoms with Crippen LogP contribution in [0.1, 0.15) is 31.7 Å². The molecule has 1 heterocycles. The molecule has 3 nitrogen and oxygen atoms in total. The first-order chi connectivity index (χ1) is 9.11. The van der Waals surface area contributed by atoms with Crippen molar-refractivity contribution in [3.8, 4) is 5.75 Å². The molecule has 4 heteroatoms. The van der Waals surface area contributed by atoms with Crippen LogP contribution in [0.2, 0.25) is 5.02 Å². The van der Waals surface area contributed by atoms with E-state index in [1.54, 1.807) is 7.11 Å². The number of nitrogens with two attached hydrogens (primary N) is 1. The van der Waals surface area contributed by atoms with Crippen LogP contribution in [0.25, 0.3) is 0 Å². The lowest BCUT2D eigenvalue weighted by atomic mass is 9.96. The summed E-state index contributed by atoms with van der Waals surface area (Å²) in [6, 6.07) is 6.45. The second-order valence-corrected chi connectivity index (χ2v) is 5.79. The maximum Gasteiger partial charge on any atom is 0.123 e. The molecule has 0 spiro atoms. The lowest BCUT2D eigenvalue weighted by Crippen LogP contribution is -2.48. The zero-order valence-electron chi connectivity index (χ0n) is 11.7. The minimum Gasteiger partial charge on any atom is -0.496 e. The number of hydrogen-bond acceptors (Lipinski definition) is 3. The fourth-order valence-electron chi connectivity index (χ4n) is 2.90. The summed E-state index contributed by atoms with van der Waals surface area (Å²) in [6.45, 7) is 4.05. The molecule has 2 rings (SSSR count). The molecule has 0 aliphatic carbocycles. The van der Waals surface area contributed by atoms with E-state index in [1.165, 1.54) is 19.3 Å². The first-order valence-electron chi connectivity index (χ1n) is 6.94. The monoisotopic (exact) mass is 282 g/mol. The average Bonchev–Trinajstić information content (AvgIpc) is 2.39. The zero-order valence-corrected chi connectivity index (χ0v) is 12.5. The molecule has 1 aliphatic heterocycles. The highest BCUT2D eigenvalue weighted by atomic mass is 35.5. The zero-order chi connectivity index (χ0) is 13.8. The molecule has 0 aromatic heterocycles. The molecule has 0 amide bonds. The lowest BCUT2D eigenvalue weighted by molar-refractivity contribution is 0.122. The van der Waals surface area contributed by atoms with Gasteiger partial charge in [0.1, 0.15) is 5.75 Å². The number of piperidine rings is 1. The smallest absolute Gasteiger partial charge is 0.123 e. The third kappa shape index (κ3) is 3.62. The molecular weight excluding hydrogens is 260 g/mol. The summed E-state index contributed by atoms with van der Waals surface area (Å²) in [4.78, 5) is 2.46. The first-order valence-corrected chi connectivity index (χ1v) is 7.31. The number of likely N-dealkylation sites (tertiary alicyclic amines) is 1. The highest BCUT2D eigenvalue weighted by molar-refractivity contribution is 6.30. The summed E-state index contributed by atoms with van der Waals surface area (Å²) < 4.78 is 5.42. The number of hydrogen-bond donors (Lipinski definition) is 1. The van der Waals surface area contributed by atoms with Crippen LogP contribution in [-0.4, -0.2) is 30.6 Å². The number of rotatable bonds is 4. The summed E-state index contributed by atoms with van der Waals surface area (Å²) in [7, 11) is 1.70. The third-order valence-corrected chi connectivity index (χ3v) is 4.12. The Morgan fingerprint density at radius 3 is 2.95 bits per heavy atom. The molecule has 106 valence electrons. The normalized spacial score (nSPS) is 22.2. The molecule has 0 saturated carbocycles. The minimum atomic E-state index is 0.200. The van der Waals surface area contributed by atoms with Crippen molar-refractivity contribution in [2.75, 3.05) is 13.7 Å².